The van der Waals surface area contributed by atoms with E-state index in [2.05, 4.69) is 22.4 Å². The van der Waals surface area contributed by atoms with Gasteiger partial charge in [0, 0.05) is 23.9 Å². The Labute approximate surface area is 111 Å². The van der Waals surface area contributed by atoms with Crippen molar-refractivity contribution in [1.29, 1.82) is 0 Å². The maximum atomic E-state index is 11.1. The Hall–Kier alpha value is -1.68. The van der Waals surface area contributed by atoms with Gasteiger partial charge in [-0.15, -0.1) is 11.3 Å². The number of amides is 1. The highest BCUT2D eigenvalue weighted by atomic mass is 32.1. The van der Waals surface area contributed by atoms with Crippen LogP contribution < -0.4 is 5.32 Å². The molecule has 1 N–H and O–H groups in total. The number of aromatic nitrogens is 1. The van der Waals surface area contributed by atoms with Gasteiger partial charge < -0.3 is 5.32 Å². The van der Waals surface area contributed by atoms with E-state index in [-0.39, 0.29) is 5.91 Å². The minimum Gasteiger partial charge on any atom is -0.350 e. The van der Waals surface area contributed by atoms with Crippen LogP contribution in [-0.2, 0) is 17.8 Å². The second kappa shape index (κ2) is 6.31. The lowest BCUT2D eigenvalue weighted by Gasteiger charge is -1.99. The van der Waals surface area contributed by atoms with Crippen molar-refractivity contribution in [2.75, 3.05) is 0 Å². The molecule has 0 bridgehead atoms. The second-order valence-corrected chi connectivity index (χ2v) is 5.21. The van der Waals surface area contributed by atoms with E-state index in [0.29, 0.717) is 13.0 Å². The molecular formula is C14H16N2OS. The Morgan fingerprint density at radius 3 is 2.83 bits per heavy atom. The largest absolute Gasteiger partial charge is 0.350 e. The number of nitrogens with zero attached hydrogens (tertiary/aromatic N) is 1. The summed E-state index contributed by atoms with van der Waals surface area (Å²) in [4.78, 5) is 16.7. The molecule has 3 nitrogen and oxygen atoms in total. The molecule has 0 saturated carbocycles. The lowest BCUT2D eigenvalue weighted by molar-refractivity contribution is -0.120. The topological polar surface area (TPSA) is 42.0 Å². The van der Waals surface area contributed by atoms with Gasteiger partial charge in [0.2, 0.25) is 5.91 Å². The van der Waals surface area contributed by atoms with E-state index in [1.165, 1.54) is 10.4 Å². The number of thiazole rings is 1. The van der Waals surface area contributed by atoms with Crippen LogP contribution in [0.4, 0.5) is 0 Å². The quantitative estimate of drug-likeness (QED) is 0.898. The van der Waals surface area contributed by atoms with E-state index in [9.17, 15) is 4.79 Å². The molecule has 2 aromatic rings. The van der Waals surface area contributed by atoms with E-state index in [1.807, 2.05) is 31.3 Å². The van der Waals surface area contributed by atoms with Gasteiger partial charge in [-0.2, -0.15) is 0 Å². The first-order valence-corrected chi connectivity index (χ1v) is 6.83. The minimum atomic E-state index is 0.0646. The van der Waals surface area contributed by atoms with Gasteiger partial charge in [0.25, 0.3) is 0 Å². The molecule has 0 radical (unpaired) electrons. The monoisotopic (exact) mass is 260 g/mol. The third kappa shape index (κ3) is 3.67. The van der Waals surface area contributed by atoms with Crippen molar-refractivity contribution in [1.82, 2.24) is 10.3 Å². The SMILES string of the molecule is CCC(=O)NCc1ncc(Cc2ccccc2)s1. The minimum absolute atomic E-state index is 0.0646. The highest BCUT2D eigenvalue weighted by Crippen LogP contribution is 2.17. The molecule has 1 amide bonds. The van der Waals surface area contributed by atoms with Crippen LogP contribution in [0, 0.1) is 0 Å². The zero-order chi connectivity index (χ0) is 12.8. The van der Waals surface area contributed by atoms with Crippen molar-refractivity contribution in [2.45, 2.75) is 26.3 Å². The van der Waals surface area contributed by atoms with Crippen molar-refractivity contribution < 1.29 is 4.79 Å². The Bertz CT molecular complexity index is 508. The molecule has 94 valence electrons. The zero-order valence-corrected chi connectivity index (χ0v) is 11.2. The maximum absolute atomic E-state index is 11.1. The Kier molecular flexibility index (Phi) is 4.47. The van der Waals surface area contributed by atoms with Gasteiger partial charge in [-0.25, -0.2) is 4.98 Å². The molecule has 4 heteroatoms. The van der Waals surface area contributed by atoms with Gasteiger partial charge in [-0.1, -0.05) is 37.3 Å². The summed E-state index contributed by atoms with van der Waals surface area (Å²) < 4.78 is 0. The van der Waals surface area contributed by atoms with E-state index < -0.39 is 0 Å². The molecule has 0 fully saturated rings. The third-order valence-corrected chi connectivity index (χ3v) is 3.58. The summed E-state index contributed by atoms with van der Waals surface area (Å²) >= 11 is 1.65. The van der Waals surface area contributed by atoms with Gasteiger partial charge in [-0.3, -0.25) is 4.79 Å². The van der Waals surface area contributed by atoms with Crippen LogP contribution >= 0.6 is 11.3 Å². The molecule has 0 aliphatic rings. The van der Waals surface area contributed by atoms with Crippen molar-refractivity contribution in [3.05, 3.63) is 52.0 Å². The van der Waals surface area contributed by atoms with Crippen LogP contribution in [0.2, 0.25) is 0 Å². The third-order valence-electron chi connectivity index (χ3n) is 2.58. The van der Waals surface area contributed by atoms with Crippen LogP contribution in [-0.4, -0.2) is 10.9 Å². The first-order chi connectivity index (χ1) is 8.78. The second-order valence-electron chi connectivity index (χ2n) is 4.01. The number of nitrogens with one attached hydrogen (secondary N) is 1. The normalized spacial score (nSPS) is 10.3. The number of carbonyl (C=O) groups is 1. The van der Waals surface area contributed by atoms with Crippen molar-refractivity contribution in [3.63, 3.8) is 0 Å². The Morgan fingerprint density at radius 2 is 2.11 bits per heavy atom. The first-order valence-electron chi connectivity index (χ1n) is 6.02. The number of carbonyl (C=O) groups excluding carboxylic acids is 1. The first kappa shape index (κ1) is 12.8. The van der Waals surface area contributed by atoms with Crippen LogP contribution in [0.1, 0.15) is 28.8 Å². The number of hydrogen-bond donors (Lipinski definition) is 1. The molecule has 0 aliphatic heterocycles. The summed E-state index contributed by atoms with van der Waals surface area (Å²) in [5, 5.41) is 3.80. The molecule has 18 heavy (non-hydrogen) atoms. The molecule has 0 aliphatic carbocycles. The number of rotatable bonds is 5. The average Bonchev–Trinajstić information content (AvgIpc) is 2.85. The van der Waals surface area contributed by atoms with E-state index in [4.69, 9.17) is 0 Å². The zero-order valence-electron chi connectivity index (χ0n) is 10.3. The fourth-order valence-electron chi connectivity index (χ4n) is 1.61. The molecule has 0 saturated heterocycles. The lowest BCUT2D eigenvalue weighted by Crippen LogP contribution is -2.21. The highest BCUT2D eigenvalue weighted by Gasteiger charge is 2.04. The highest BCUT2D eigenvalue weighted by molar-refractivity contribution is 7.11. The van der Waals surface area contributed by atoms with Crippen molar-refractivity contribution >= 4 is 17.2 Å². The standard InChI is InChI=1S/C14H16N2OS/c1-2-13(17)15-10-14-16-9-12(18-14)8-11-6-4-3-5-7-11/h3-7,9H,2,8,10H2,1H3,(H,15,17). The van der Waals surface area contributed by atoms with E-state index in [0.717, 1.165) is 11.4 Å². The molecule has 1 heterocycles. The smallest absolute Gasteiger partial charge is 0.220 e. The molecule has 2 rings (SSSR count). The molecule has 0 unspecified atom stereocenters. The fourth-order valence-corrected chi connectivity index (χ4v) is 2.50. The van der Waals surface area contributed by atoms with Gasteiger partial charge >= 0.3 is 0 Å². The van der Waals surface area contributed by atoms with Crippen LogP contribution in [0.3, 0.4) is 0 Å². The summed E-state index contributed by atoms with van der Waals surface area (Å²) in [5.74, 6) is 0.0646. The van der Waals surface area contributed by atoms with Gasteiger partial charge in [-0.05, 0) is 5.56 Å². The van der Waals surface area contributed by atoms with Crippen molar-refractivity contribution in [2.24, 2.45) is 0 Å². The predicted molar refractivity (Wildman–Crippen MR) is 73.5 cm³/mol. The summed E-state index contributed by atoms with van der Waals surface area (Å²) in [7, 11) is 0. The van der Waals surface area contributed by atoms with Crippen molar-refractivity contribution in [3.8, 4) is 0 Å². The molecular weight excluding hydrogens is 244 g/mol. The van der Waals surface area contributed by atoms with Gasteiger partial charge in [0.1, 0.15) is 5.01 Å². The Morgan fingerprint density at radius 1 is 1.33 bits per heavy atom. The molecule has 1 aromatic carbocycles. The summed E-state index contributed by atoms with van der Waals surface area (Å²) in [6, 6.07) is 10.3. The van der Waals surface area contributed by atoms with Crippen LogP contribution in [0.15, 0.2) is 36.5 Å². The Balaban J connectivity index is 1.92. The van der Waals surface area contributed by atoms with Gasteiger partial charge in [0.05, 0.1) is 6.54 Å². The van der Waals surface area contributed by atoms with Crippen LogP contribution in [0.25, 0.3) is 0 Å². The number of benzene rings is 1. The maximum Gasteiger partial charge on any atom is 0.220 e. The molecule has 1 aromatic heterocycles. The summed E-state index contributed by atoms with van der Waals surface area (Å²) in [5.41, 5.74) is 1.28. The molecule has 0 spiro atoms. The number of hydrogen-bond acceptors (Lipinski definition) is 3. The predicted octanol–water partition coefficient (Wildman–Crippen LogP) is 2.76. The summed E-state index contributed by atoms with van der Waals surface area (Å²) in [6.45, 7) is 2.38. The fraction of sp³-hybridized carbons (Fsp3) is 0.286. The molecule has 0 atom stereocenters. The van der Waals surface area contributed by atoms with Crippen LogP contribution in [0.5, 0.6) is 0 Å². The van der Waals surface area contributed by atoms with E-state index in [1.54, 1.807) is 11.3 Å². The van der Waals surface area contributed by atoms with Gasteiger partial charge in [0.15, 0.2) is 0 Å². The van der Waals surface area contributed by atoms with E-state index >= 15 is 0 Å². The average molecular weight is 260 g/mol. The summed E-state index contributed by atoms with van der Waals surface area (Å²) in [6.07, 6.45) is 3.31. The lowest BCUT2D eigenvalue weighted by atomic mass is 10.1.